The normalized spacial score (nSPS) is 39.9. The molecule has 0 aromatic heterocycles. The minimum Gasteiger partial charge on any atom is -0.492 e. The monoisotopic (exact) mass is 471 g/mol. The summed E-state index contributed by atoms with van der Waals surface area (Å²) < 4.78 is 17.6. The predicted molar refractivity (Wildman–Crippen MR) is 129 cm³/mol. The summed E-state index contributed by atoms with van der Waals surface area (Å²) in [7, 11) is 1.57. The van der Waals surface area contributed by atoms with Gasteiger partial charge in [0.25, 0.3) is 0 Å². The molecule has 5 heterocycles. The Kier molecular flexibility index (Phi) is 6.34. The molecule has 0 aliphatic carbocycles. The molecular weight excluding hydrogens is 430 g/mol. The van der Waals surface area contributed by atoms with Gasteiger partial charge in [0.15, 0.2) is 11.5 Å². The van der Waals surface area contributed by atoms with Gasteiger partial charge in [0.1, 0.15) is 5.76 Å². The minimum absolute atomic E-state index is 0.0727. The maximum absolute atomic E-state index is 12.2. The lowest BCUT2D eigenvalue weighted by Crippen LogP contribution is -2.65. The first-order chi connectivity index (χ1) is 16.2. The van der Waals surface area contributed by atoms with Gasteiger partial charge < -0.3 is 19.3 Å². The van der Waals surface area contributed by atoms with E-state index < -0.39 is 5.60 Å². The number of carbonyl (C=O) groups is 1. The standard InChI is InChI=1S/C28H41NO5/c1-16(2)8-7-14-28(31)15-13-19-11-12-21-23(20-9-6-10-22(28)29(19)20)17(3)25(33-21)26-24(32-5)18(4)27(30)34-26/h12,16-17,19-20,22-23,31H,6-11,13-15H2,1-5H3/b26-25+/t17-,19+,20-,22-,23+,28+/m0/s1. The number of cyclic esters (lactones) is 1. The molecule has 0 aromatic rings. The summed E-state index contributed by atoms with van der Waals surface area (Å²) in [5.74, 6) is 3.23. The molecule has 188 valence electrons. The van der Waals surface area contributed by atoms with E-state index in [2.05, 4.69) is 31.7 Å². The molecule has 0 radical (unpaired) electrons. The van der Waals surface area contributed by atoms with E-state index >= 15 is 0 Å². The molecule has 0 aromatic carbocycles. The van der Waals surface area contributed by atoms with E-state index in [9.17, 15) is 9.90 Å². The number of fused-ring (bicyclic) bond motifs is 2. The Morgan fingerprint density at radius 2 is 2.06 bits per heavy atom. The zero-order chi connectivity index (χ0) is 24.2. The van der Waals surface area contributed by atoms with Crippen LogP contribution in [0.1, 0.15) is 85.5 Å². The Labute approximate surface area is 204 Å². The number of hydrogen-bond donors (Lipinski definition) is 1. The molecule has 3 saturated heterocycles. The molecule has 0 spiro atoms. The van der Waals surface area contributed by atoms with Crippen molar-refractivity contribution in [2.45, 2.75) is 109 Å². The number of piperidine rings is 2. The summed E-state index contributed by atoms with van der Waals surface area (Å²) in [4.78, 5) is 14.9. The molecule has 34 heavy (non-hydrogen) atoms. The van der Waals surface area contributed by atoms with Crippen LogP contribution in [0.2, 0.25) is 0 Å². The lowest BCUT2D eigenvalue weighted by Gasteiger charge is -2.57. The number of nitrogens with zero attached hydrogens (tertiary/aromatic N) is 1. The Balaban J connectivity index is 1.45. The fourth-order valence-electron chi connectivity index (χ4n) is 7.36. The topological polar surface area (TPSA) is 68.2 Å². The van der Waals surface area contributed by atoms with Crippen LogP contribution in [0.25, 0.3) is 0 Å². The van der Waals surface area contributed by atoms with E-state index in [0.29, 0.717) is 40.9 Å². The first-order valence-electron chi connectivity index (χ1n) is 13.3. The van der Waals surface area contributed by atoms with Crippen LogP contribution in [0.15, 0.2) is 34.7 Å². The van der Waals surface area contributed by atoms with Gasteiger partial charge in [0.2, 0.25) is 5.76 Å². The van der Waals surface area contributed by atoms with Crippen molar-refractivity contribution in [2.75, 3.05) is 7.11 Å². The zero-order valence-corrected chi connectivity index (χ0v) is 21.4. The van der Waals surface area contributed by atoms with Gasteiger partial charge in [-0.15, -0.1) is 0 Å². The highest BCUT2D eigenvalue weighted by Crippen LogP contribution is 2.53. The minimum atomic E-state index is -0.595. The van der Waals surface area contributed by atoms with E-state index in [0.717, 1.165) is 57.1 Å². The van der Waals surface area contributed by atoms with E-state index in [-0.39, 0.29) is 23.8 Å². The summed E-state index contributed by atoms with van der Waals surface area (Å²) in [6, 6.07) is 1.01. The fraction of sp³-hybridized carbons (Fsp3) is 0.750. The summed E-state index contributed by atoms with van der Waals surface area (Å²) in [6.45, 7) is 8.45. The third-order valence-corrected chi connectivity index (χ3v) is 9.05. The molecule has 5 rings (SSSR count). The lowest BCUT2D eigenvalue weighted by atomic mass is 9.70. The number of hydrogen-bond acceptors (Lipinski definition) is 6. The highest BCUT2D eigenvalue weighted by atomic mass is 16.6. The lowest BCUT2D eigenvalue weighted by molar-refractivity contribution is -0.143. The van der Waals surface area contributed by atoms with E-state index in [4.69, 9.17) is 14.2 Å². The Morgan fingerprint density at radius 1 is 1.26 bits per heavy atom. The van der Waals surface area contributed by atoms with Crippen molar-refractivity contribution >= 4 is 5.97 Å². The van der Waals surface area contributed by atoms with Crippen molar-refractivity contribution < 1.29 is 24.1 Å². The number of esters is 1. The average molecular weight is 472 g/mol. The molecule has 5 aliphatic heterocycles. The van der Waals surface area contributed by atoms with Crippen LogP contribution < -0.4 is 0 Å². The molecule has 5 aliphatic rings. The molecule has 0 unspecified atom stereocenters. The van der Waals surface area contributed by atoms with Crippen LogP contribution in [0.5, 0.6) is 0 Å². The second-order valence-electron chi connectivity index (χ2n) is 11.5. The van der Waals surface area contributed by atoms with Gasteiger partial charge in [0, 0.05) is 30.0 Å². The SMILES string of the molecule is COC1=C(C)C(=O)O/C1=C1/OC2=CC[C@@H]3CC[C@](O)(CCCC(C)C)[C@@H]4CCC[C@@H]([C@H]2[C@@H]1C)N34. The van der Waals surface area contributed by atoms with Crippen molar-refractivity contribution in [3.63, 3.8) is 0 Å². The first-order valence-corrected chi connectivity index (χ1v) is 13.3. The summed E-state index contributed by atoms with van der Waals surface area (Å²) in [5.41, 5.74) is -0.107. The quantitative estimate of drug-likeness (QED) is 0.557. The number of ether oxygens (including phenoxy) is 3. The van der Waals surface area contributed by atoms with Crippen LogP contribution in [0.3, 0.4) is 0 Å². The van der Waals surface area contributed by atoms with E-state index in [1.54, 1.807) is 14.0 Å². The van der Waals surface area contributed by atoms with Crippen LogP contribution in [-0.4, -0.2) is 46.8 Å². The van der Waals surface area contributed by atoms with E-state index in [1.807, 2.05) is 0 Å². The fourth-order valence-corrected chi connectivity index (χ4v) is 7.36. The number of aliphatic hydroxyl groups is 1. The summed E-state index contributed by atoms with van der Waals surface area (Å²) >= 11 is 0. The van der Waals surface area contributed by atoms with Crippen LogP contribution in [0, 0.1) is 17.8 Å². The number of carbonyl (C=O) groups excluding carboxylic acids is 1. The van der Waals surface area contributed by atoms with Crippen LogP contribution in [-0.2, 0) is 19.0 Å². The van der Waals surface area contributed by atoms with Gasteiger partial charge >= 0.3 is 5.97 Å². The smallest absolute Gasteiger partial charge is 0.343 e. The molecule has 0 amide bonds. The predicted octanol–water partition coefficient (Wildman–Crippen LogP) is 5.19. The molecule has 1 N–H and O–H groups in total. The van der Waals surface area contributed by atoms with Crippen molar-refractivity contribution in [2.24, 2.45) is 17.8 Å². The zero-order valence-electron chi connectivity index (χ0n) is 21.4. The van der Waals surface area contributed by atoms with Gasteiger partial charge in [0.05, 0.1) is 18.3 Å². The van der Waals surface area contributed by atoms with Gasteiger partial charge in [-0.25, -0.2) is 4.79 Å². The molecule has 0 bridgehead atoms. The van der Waals surface area contributed by atoms with Crippen molar-refractivity contribution in [1.82, 2.24) is 4.90 Å². The first kappa shape index (κ1) is 23.9. The number of rotatable bonds is 5. The molecule has 6 heteroatoms. The molecule has 3 fully saturated rings. The second-order valence-corrected chi connectivity index (χ2v) is 11.5. The highest BCUT2D eigenvalue weighted by Gasteiger charge is 2.56. The molecule has 6 nitrogen and oxygen atoms in total. The third kappa shape index (κ3) is 3.81. The van der Waals surface area contributed by atoms with Gasteiger partial charge in [-0.1, -0.05) is 40.0 Å². The van der Waals surface area contributed by atoms with Crippen molar-refractivity contribution in [3.8, 4) is 0 Å². The van der Waals surface area contributed by atoms with Crippen LogP contribution in [0.4, 0.5) is 0 Å². The Bertz CT molecular complexity index is 933. The Morgan fingerprint density at radius 3 is 2.79 bits per heavy atom. The van der Waals surface area contributed by atoms with Crippen molar-refractivity contribution in [1.29, 1.82) is 0 Å². The van der Waals surface area contributed by atoms with Gasteiger partial charge in [-0.2, -0.15) is 0 Å². The third-order valence-electron chi connectivity index (χ3n) is 9.05. The summed E-state index contributed by atoms with van der Waals surface area (Å²) in [6.07, 6.45) is 11.6. The average Bonchev–Trinajstić information content (AvgIpc) is 3.21. The highest BCUT2D eigenvalue weighted by molar-refractivity contribution is 5.93. The van der Waals surface area contributed by atoms with Crippen molar-refractivity contribution in [3.05, 3.63) is 34.7 Å². The maximum atomic E-state index is 12.2. The largest absolute Gasteiger partial charge is 0.492 e. The Hall–Kier alpha value is -1.79. The number of allylic oxidation sites excluding steroid dienone is 1. The number of methoxy groups -OCH3 is 1. The van der Waals surface area contributed by atoms with Crippen LogP contribution >= 0.6 is 0 Å². The van der Waals surface area contributed by atoms with Gasteiger partial charge in [-0.05, 0) is 57.4 Å². The molecule has 6 atom stereocenters. The molecular formula is C28H41NO5. The molecule has 0 saturated carbocycles. The van der Waals surface area contributed by atoms with Gasteiger partial charge in [-0.3, -0.25) is 4.90 Å². The summed E-state index contributed by atoms with van der Waals surface area (Å²) in [5, 5.41) is 11.9. The van der Waals surface area contributed by atoms with E-state index in [1.165, 1.54) is 6.42 Å². The maximum Gasteiger partial charge on any atom is 0.343 e. The second kappa shape index (κ2) is 9.02.